The first-order valence-corrected chi connectivity index (χ1v) is 3.67. The molecule has 0 atom stereocenters. The van der Waals surface area contributed by atoms with E-state index in [9.17, 15) is 0 Å². The van der Waals surface area contributed by atoms with Crippen molar-refractivity contribution in [2.24, 2.45) is 0 Å². The van der Waals surface area contributed by atoms with Gasteiger partial charge in [0.2, 0.25) is 0 Å². The van der Waals surface area contributed by atoms with E-state index in [-0.39, 0.29) is 0 Å². The van der Waals surface area contributed by atoms with Crippen LogP contribution in [0.3, 0.4) is 0 Å². The molecule has 0 fully saturated rings. The minimum atomic E-state index is 2.00. The molecule has 0 heteroatoms. The van der Waals surface area contributed by atoms with Crippen molar-refractivity contribution in [1.82, 2.24) is 0 Å². The van der Waals surface area contributed by atoms with Crippen molar-refractivity contribution in [1.29, 1.82) is 0 Å². The van der Waals surface area contributed by atoms with Crippen LogP contribution in [0.15, 0.2) is 60.8 Å². The Balaban J connectivity index is 2.61. The molecule has 1 rings (SSSR count). The molecular weight excluding hydrogens is 132 g/mol. The third kappa shape index (κ3) is 4.15. The zero-order valence-electron chi connectivity index (χ0n) is 6.35. The van der Waals surface area contributed by atoms with Crippen molar-refractivity contribution in [3.8, 4) is 0 Å². The van der Waals surface area contributed by atoms with Gasteiger partial charge in [-0.15, -0.1) is 0 Å². The second-order valence-corrected chi connectivity index (χ2v) is 2.12. The molecule has 0 amide bonds. The lowest BCUT2D eigenvalue weighted by molar-refractivity contribution is 1.73. The highest BCUT2D eigenvalue weighted by Gasteiger charge is 1.70. The van der Waals surface area contributed by atoms with Gasteiger partial charge in [0.05, 0.1) is 0 Å². The lowest BCUT2D eigenvalue weighted by Gasteiger charge is -1.75. The molecule has 0 aliphatic heterocycles. The Morgan fingerprint density at radius 3 is 0.909 bits per heavy atom. The van der Waals surface area contributed by atoms with Crippen LogP contribution in [0, 0.1) is 6.42 Å². The predicted octanol–water partition coefficient (Wildman–Crippen LogP) is 2.99. The van der Waals surface area contributed by atoms with Crippen molar-refractivity contribution in [3.63, 3.8) is 0 Å². The Morgan fingerprint density at radius 2 is 0.545 bits per heavy atom. The zero-order valence-corrected chi connectivity index (χ0v) is 6.35. The summed E-state index contributed by atoms with van der Waals surface area (Å²) in [5, 5.41) is 0. The predicted molar refractivity (Wildman–Crippen MR) is 50.0 cm³/mol. The maximum Gasteiger partial charge on any atom is 0.00506 e. The van der Waals surface area contributed by atoms with Crippen LogP contribution in [0.25, 0.3) is 0 Å². The van der Waals surface area contributed by atoms with E-state index in [0.717, 1.165) is 0 Å². The monoisotopic (exact) mass is 143 g/mol. The first-order valence-electron chi connectivity index (χ1n) is 3.67. The van der Waals surface area contributed by atoms with E-state index in [1.165, 1.54) is 0 Å². The summed E-state index contributed by atoms with van der Waals surface area (Å²) in [5.41, 5.74) is 0. The van der Waals surface area contributed by atoms with Crippen LogP contribution in [0.4, 0.5) is 0 Å². The normalized spacial score (nSPS) is 31.3. The average molecular weight is 143 g/mol. The summed E-state index contributed by atoms with van der Waals surface area (Å²) >= 11 is 0. The maximum absolute atomic E-state index is 2.00. The SMILES string of the molecule is [CH]1\C=C/C=C/C=C\C=C/C=C/1. The van der Waals surface area contributed by atoms with Crippen LogP contribution in [0.1, 0.15) is 0 Å². The van der Waals surface area contributed by atoms with E-state index in [1.807, 2.05) is 67.2 Å². The minimum absolute atomic E-state index is 2.00. The molecule has 0 unspecified atom stereocenters. The second kappa shape index (κ2) is 5.48. The fraction of sp³-hybridized carbons (Fsp3) is 0. The summed E-state index contributed by atoms with van der Waals surface area (Å²) in [6.07, 6.45) is 22.0. The summed E-state index contributed by atoms with van der Waals surface area (Å²) in [6.45, 7) is 0. The van der Waals surface area contributed by atoms with Crippen LogP contribution in [-0.4, -0.2) is 0 Å². The van der Waals surface area contributed by atoms with Crippen molar-refractivity contribution < 1.29 is 0 Å². The Hall–Kier alpha value is -1.30. The minimum Gasteiger partial charge on any atom is -0.0767 e. The molecule has 0 aromatic heterocycles. The van der Waals surface area contributed by atoms with Crippen molar-refractivity contribution in [2.75, 3.05) is 0 Å². The quantitative estimate of drug-likeness (QED) is 0.489. The van der Waals surface area contributed by atoms with Crippen molar-refractivity contribution in [2.45, 2.75) is 0 Å². The summed E-state index contributed by atoms with van der Waals surface area (Å²) in [6, 6.07) is 0. The van der Waals surface area contributed by atoms with Gasteiger partial charge in [-0.1, -0.05) is 60.8 Å². The summed E-state index contributed by atoms with van der Waals surface area (Å²) in [4.78, 5) is 0. The highest BCUT2D eigenvalue weighted by molar-refractivity contribution is 5.23. The molecule has 0 heterocycles. The molecule has 0 saturated carbocycles. The van der Waals surface area contributed by atoms with E-state index in [1.54, 1.807) is 0 Å². The van der Waals surface area contributed by atoms with E-state index in [0.29, 0.717) is 0 Å². The van der Waals surface area contributed by atoms with Gasteiger partial charge in [0.25, 0.3) is 0 Å². The van der Waals surface area contributed by atoms with Crippen LogP contribution < -0.4 is 0 Å². The van der Waals surface area contributed by atoms with Gasteiger partial charge in [-0.3, -0.25) is 0 Å². The number of hydrogen-bond acceptors (Lipinski definition) is 0. The Labute approximate surface area is 67.9 Å². The van der Waals surface area contributed by atoms with Crippen LogP contribution in [0.2, 0.25) is 0 Å². The first-order chi connectivity index (χ1) is 5.50. The molecule has 0 aromatic carbocycles. The lowest BCUT2D eigenvalue weighted by atomic mass is 10.3. The summed E-state index contributed by atoms with van der Waals surface area (Å²) < 4.78 is 0. The first kappa shape index (κ1) is 7.80. The molecule has 1 radical (unpaired) electrons. The maximum atomic E-state index is 2.00. The largest absolute Gasteiger partial charge is 0.0767 e. The Bertz CT molecular complexity index is 200. The zero-order chi connectivity index (χ0) is 7.78. The van der Waals surface area contributed by atoms with Gasteiger partial charge >= 0.3 is 0 Å². The fourth-order valence-electron chi connectivity index (χ4n) is 0.706. The molecule has 0 spiro atoms. The third-order valence-electron chi connectivity index (χ3n) is 1.22. The van der Waals surface area contributed by atoms with E-state index in [4.69, 9.17) is 0 Å². The van der Waals surface area contributed by atoms with Gasteiger partial charge in [-0.2, -0.15) is 0 Å². The van der Waals surface area contributed by atoms with Gasteiger partial charge in [0.15, 0.2) is 0 Å². The topological polar surface area (TPSA) is 0 Å². The number of rotatable bonds is 0. The molecule has 0 aromatic rings. The molecular formula is C11H11. The highest BCUT2D eigenvalue weighted by atomic mass is 13.8. The van der Waals surface area contributed by atoms with Crippen LogP contribution in [0.5, 0.6) is 0 Å². The van der Waals surface area contributed by atoms with Gasteiger partial charge < -0.3 is 0 Å². The number of hydrogen-bond donors (Lipinski definition) is 0. The Morgan fingerprint density at radius 1 is 0.273 bits per heavy atom. The third-order valence-corrected chi connectivity index (χ3v) is 1.22. The second-order valence-electron chi connectivity index (χ2n) is 2.12. The number of allylic oxidation sites excluding steroid dienone is 10. The summed E-state index contributed by atoms with van der Waals surface area (Å²) in [7, 11) is 0. The fourth-order valence-corrected chi connectivity index (χ4v) is 0.706. The molecule has 1 aliphatic rings. The van der Waals surface area contributed by atoms with Gasteiger partial charge in [0, 0.05) is 6.42 Å². The lowest BCUT2D eigenvalue weighted by Crippen LogP contribution is -1.57. The molecule has 0 nitrogen and oxygen atoms in total. The van der Waals surface area contributed by atoms with Crippen molar-refractivity contribution >= 4 is 0 Å². The van der Waals surface area contributed by atoms with Gasteiger partial charge in [-0.25, -0.2) is 0 Å². The van der Waals surface area contributed by atoms with E-state index in [2.05, 4.69) is 0 Å². The van der Waals surface area contributed by atoms with Crippen LogP contribution >= 0.6 is 0 Å². The molecule has 0 N–H and O–H groups in total. The van der Waals surface area contributed by atoms with Crippen molar-refractivity contribution in [3.05, 3.63) is 67.2 Å². The average Bonchev–Trinajstić information content (AvgIpc) is 2.08. The summed E-state index contributed by atoms with van der Waals surface area (Å²) in [5.74, 6) is 0. The smallest absolute Gasteiger partial charge is 0.00506 e. The van der Waals surface area contributed by atoms with E-state index < -0.39 is 0 Å². The molecule has 11 heavy (non-hydrogen) atoms. The Kier molecular flexibility index (Phi) is 3.89. The highest BCUT2D eigenvalue weighted by Crippen LogP contribution is 1.90. The van der Waals surface area contributed by atoms with Gasteiger partial charge in [-0.05, 0) is 0 Å². The molecule has 0 saturated heterocycles. The van der Waals surface area contributed by atoms with E-state index >= 15 is 0 Å². The molecule has 0 bridgehead atoms. The molecule has 1 aliphatic carbocycles. The van der Waals surface area contributed by atoms with Gasteiger partial charge in [0.1, 0.15) is 0 Å². The molecule has 55 valence electrons. The van der Waals surface area contributed by atoms with Crippen LogP contribution in [-0.2, 0) is 0 Å². The standard InChI is InChI=1S/C11H11/c1-2-4-6-8-10-11-9-7-5-3-1/h1-11H/b2-1-,5-3-,6-4+,9-7+,10-8-.